The molecule has 1 atom stereocenters. The maximum atomic E-state index is 5.66. The standard InChI is InChI=1S/C11H11NO3/c1-7-11-9(14-6-8-5-13-8)3-2-4-10(11)15-12-7/h2-4,8H,5-6H2,1H3. The van der Waals surface area contributed by atoms with Crippen molar-refractivity contribution in [3.63, 3.8) is 0 Å². The number of ether oxygens (including phenoxy) is 2. The van der Waals surface area contributed by atoms with Crippen LogP contribution < -0.4 is 4.74 Å². The molecule has 0 amide bonds. The lowest BCUT2D eigenvalue weighted by molar-refractivity contribution is 0.265. The molecular weight excluding hydrogens is 194 g/mol. The summed E-state index contributed by atoms with van der Waals surface area (Å²) in [6.45, 7) is 3.31. The second-order valence-corrected chi connectivity index (χ2v) is 3.66. The molecule has 1 aromatic heterocycles. The van der Waals surface area contributed by atoms with Gasteiger partial charge in [-0.1, -0.05) is 11.2 Å². The monoisotopic (exact) mass is 205 g/mol. The third kappa shape index (κ3) is 1.57. The largest absolute Gasteiger partial charge is 0.490 e. The van der Waals surface area contributed by atoms with Crippen molar-refractivity contribution in [1.29, 1.82) is 0 Å². The number of rotatable bonds is 3. The Balaban J connectivity index is 1.96. The third-order valence-electron chi connectivity index (χ3n) is 2.46. The summed E-state index contributed by atoms with van der Waals surface area (Å²) in [4.78, 5) is 0. The molecule has 2 aromatic rings. The number of benzene rings is 1. The molecule has 0 spiro atoms. The zero-order chi connectivity index (χ0) is 10.3. The maximum Gasteiger partial charge on any atom is 0.170 e. The van der Waals surface area contributed by atoms with Gasteiger partial charge in [0.15, 0.2) is 5.58 Å². The van der Waals surface area contributed by atoms with E-state index in [0.29, 0.717) is 6.61 Å². The van der Waals surface area contributed by atoms with Gasteiger partial charge in [-0.05, 0) is 19.1 Å². The van der Waals surface area contributed by atoms with Crippen molar-refractivity contribution >= 4 is 11.0 Å². The summed E-state index contributed by atoms with van der Waals surface area (Å²) in [6, 6.07) is 5.71. The Labute approximate surface area is 86.8 Å². The molecule has 0 N–H and O–H groups in total. The molecule has 1 aromatic carbocycles. The van der Waals surface area contributed by atoms with E-state index >= 15 is 0 Å². The molecule has 1 aliphatic heterocycles. The first-order chi connectivity index (χ1) is 7.34. The van der Waals surface area contributed by atoms with Crippen LogP contribution in [-0.2, 0) is 4.74 Å². The second kappa shape index (κ2) is 3.24. The lowest BCUT2D eigenvalue weighted by Crippen LogP contribution is -2.04. The highest BCUT2D eigenvalue weighted by Crippen LogP contribution is 2.28. The van der Waals surface area contributed by atoms with Crippen LogP contribution in [0.15, 0.2) is 22.7 Å². The molecule has 0 bridgehead atoms. The fraction of sp³-hybridized carbons (Fsp3) is 0.364. The van der Waals surface area contributed by atoms with Crippen LogP contribution in [0.3, 0.4) is 0 Å². The van der Waals surface area contributed by atoms with E-state index < -0.39 is 0 Å². The molecule has 1 unspecified atom stereocenters. The minimum Gasteiger partial charge on any atom is -0.490 e. The van der Waals surface area contributed by atoms with Gasteiger partial charge in [0.1, 0.15) is 18.5 Å². The van der Waals surface area contributed by atoms with Gasteiger partial charge in [-0.3, -0.25) is 0 Å². The highest BCUT2D eigenvalue weighted by atomic mass is 16.6. The summed E-state index contributed by atoms with van der Waals surface area (Å²) in [5.41, 5.74) is 1.62. The van der Waals surface area contributed by atoms with E-state index in [1.807, 2.05) is 25.1 Å². The highest BCUT2D eigenvalue weighted by molar-refractivity contribution is 5.85. The molecular formula is C11H11NO3. The van der Waals surface area contributed by atoms with Crippen LogP contribution in [0.5, 0.6) is 5.75 Å². The third-order valence-corrected chi connectivity index (χ3v) is 2.46. The zero-order valence-electron chi connectivity index (χ0n) is 8.40. The SMILES string of the molecule is Cc1noc2cccc(OCC3CO3)c12. The maximum absolute atomic E-state index is 5.66. The normalized spacial score (nSPS) is 19.4. The van der Waals surface area contributed by atoms with E-state index in [0.717, 1.165) is 29.0 Å². The molecule has 0 aliphatic carbocycles. The van der Waals surface area contributed by atoms with E-state index in [1.165, 1.54) is 0 Å². The van der Waals surface area contributed by atoms with E-state index in [9.17, 15) is 0 Å². The number of aryl methyl sites for hydroxylation is 1. The first kappa shape index (κ1) is 8.73. The Morgan fingerprint density at radius 2 is 2.40 bits per heavy atom. The number of fused-ring (bicyclic) bond motifs is 1. The van der Waals surface area contributed by atoms with Crippen LogP contribution in [0.25, 0.3) is 11.0 Å². The van der Waals surface area contributed by atoms with Gasteiger partial charge in [0, 0.05) is 0 Å². The molecule has 1 saturated heterocycles. The molecule has 3 rings (SSSR count). The van der Waals surface area contributed by atoms with Crippen molar-refractivity contribution in [2.75, 3.05) is 13.2 Å². The fourth-order valence-electron chi connectivity index (χ4n) is 1.57. The van der Waals surface area contributed by atoms with Crippen molar-refractivity contribution in [3.05, 3.63) is 23.9 Å². The highest BCUT2D eigenvalue weighted by Gasteiger charge is 2.23. The van der Waals surface area contributed by atoms with E-state index in [-0.39, 0.29) is 6.10 Å². The minimum absolute atomic E-state index is 0.264. The number of nitrogens with zero attached hydrogens (tertiary/aromatic N) is 1. The lowest BCUT2D eigenvalue weighted by atomic mass is 10.2. The van der Waals surface area contributed by atoms with Gasteiger partial charge in [0.2, 0.25) is 0 Å². The van der Waals surface area contributed by atoms with Gasteiger partial charge < -0.3 is 14.0 Å². The van der Waals surface area contributed by atoms with Gasteiger partial charge in [-0.15, -0.1) is 0 Å². The number of hydrogen-bond donors (Lipinski definition) is 0. The Morgan fingerprint density at radius 1 is 1.53 bits per heavy atom. The molecule has 1 fully saturated rings. The summed E-state index contributed by atoms with van der Waals surface area (Å²) in [5.74, 6) is 0.821. The van der Waals surface area contributed by atoms with Gasteiger partial charge >= 0.3 is 0 Å². The fourth-order valence-corrected chi connectivity index (χ4v) is 1.57. The average molecular weight is 205 g/mol. The zero-order valence-corrected chi connectivity index (χ0v) is 8.40. The van der Waals surface area contributed by atoms with E-state index in [2.05, 4.69) is 5.16 Å². The summed E-state index contributed by atoms with van der Waals surface area (Å²) in [5, 5.41) is 4.87. The first-order valence-electron chi connectivity index (χ1n) is 4.94. The van der Waals surface area contributed by atoms with Gasteiger partial charge in [-0.2, -0.15) is 0 Å². The van der Waals surface area contributed by atoms with E-state index in [1.54, 1.807) is 0 Å². The van der Waals surface area contributed by atoms with Gasteiger partial charge in [0.25, 0.3) is 0 Å². The number of hydrogen-bond acceptors (Lipinski definition) is 4. The topological polar surface area (TPSA) is 47.8 Å². The van der Waals surface area contributed by atoms with Crippen LogP contribution in [0.1, 0.15) is 5.69 Å². The van der Waals surface area contributed by atoms with Gasteiger partial charge in [-0.25, -0.2) is 0 Å². The molecule has 0 radical (unpaired) electrons. The Hall–Kier alpha value is -1.55. The smallest absolute Gasteiger partial charge is 0.170 e. The number of epoxide rings is 1. The van der Waals surface area contributed by atoms with Crippen LogP contribution in [0, 0.1) is 6.92 Å². The van der Waals surface area contributed by atoms with Gasteiger partial charge in [0.05, 0.1) is 17.7 Å². The number of aromatic nitrogens is 1. The van der Waals surface area contributed by atoms with Crippen LogP contribution in [0.2, 0.25) is 0 Å². The first-order valence-corrected chi connectivity index (χ1v) is 4.94. The Morgan fingerprint density at radius 3 is 3.20 bits per heavy atom. The minimum atomic E-state index is 0.264. The summed E-state index contributed by atoms with van der Waals surface area (Å²) in [7, 11) is 0. The lowest BCUT2D eigenvalue weighted by Gasteiger charge is -2.04. The summed E-state index contributed by atoms with van der Waals surface area (Å²) in [6.07, 6.45) is 0.264. The summed E-state index contributed by atoms with van der Waals surface area (Å²) >= 11 is 0. The second-order valence-electron chi connectivity index (χ2n) is 3.66. The molecule has 0 saturated carbocycles. The van der Waals surface area contributed by atoms with Crippen molar-refractivity contribution in [1.82, 2.24) is 5.16 Å². The molecule has 2 heterocycles. The quantitative estimate of drug-likeness (QED) is 0.718. The van der Waals surface area contributed by atoms with Crippen LogP contribution >= 0.6 is 0 Å². The van der Waals surface area contributed by atoms with Crippen LogP contribution in [0.4, 0.5) is 0 Å². The Kier molecular flexibility index (Phi) is 1.89. The molecule has 78 valence electrons. The average Bonchev–Trinajstić information content (AvgIpc) is 3.00. The summed E-state index contributed by atoms with van der Waals surface area (Å²) < 4.78 is 15.9. The molecule has 4 heteroatoms. The van der Waals surface area contributed by atoms with Crippen molar-refractivity contribution in [2.45, 2.75) is 13.0 Å². The predicted molar refractivity (Wildman–Crippen MR) is 54.0 cm³/mol. The molecule has 4 nitrogen and oxygen atoms in total. The van der Waals surface area contributed by atoms with Crippen molar-refractivity contribution in [2.24, 2.45) is 0 Å². The molecule has 1 aliphatic rings. The van der Waals surface area contributed by atoms with Crippen LogP contribution in [-0.4, -0.2) is 24.5 Å². The van der Waals surface area contributed by atoms with Crippen molar-refractivity contribution in [3.8, 4) is 5.75 Å². The predicted octanol–water partition coefficient (Wildman–Crippen LogP) is 1.91. The Bertz CT molecular complexity index is 488. The molecule has 15 heavy (non-hydrogen) atoms. The van der Waals surface area contributed by atoms with E-state index in [4.69, 9.17) is 14.0 Å². The van der Waals surface area contributed by atoms with Crippen molar-refractivity contribution < 1.29 is 14.0 Å².